The Kier molecular flexibility index (Phi) is 5.04. The molecule has 0 radical (unpaired) electrons. The molecule has 1 atom stereocenters. The Bertz CT molecular complexity index is 725. The third-order valence-electron chi connectivity index (χ3n) is 5.45. The first-order chi connectivity index (χ1) is 12.2. The fourth-order valence-corrected chi connectivity index (χ4v) is 4.35. The molecule has 2 aromatic rings. The van der Waals surface area contributed by atoms with E-state index >= 15 is 0 Å². The van der Waals surface area contributed by atoms with Crippen LogP contribution in [0, 0.1) is 5.82 Å². The van der Waals surface area contributed by atoms with Crippen LogP contribution in [0.4, 0.5) is 4.39 Å². The van der Waals surface area contributed by atoms with Gasteiger partial charge in [-0.2, -0.15) is 0 Å². The van der Waals surface area contributed by atoms with E-state index in [0.717, 1.165) is 50.5 Å². The van der Waals surface area contributed by atoms with Crippen molar-refractivity contribution in [2.24, 2.45) is 0 Å². The molecule has 0 N–H and O–H groups in total. The molecular formula is C19H24ClFN4. The van der Waals surface area contributed by atoms with Gasteiger partial charge in [-0.1, -0.05) is 24.1 Å². The lowest BCUT2D eigenvalue weighted by Gasteiger charge is -2.32. The molecule has 134 valence electrons. The van der Waals surface area contributed by atoms with E-state index in [1.54, 1.807) is 12.1 Å². The lowest BCUT2D eigenvalue weighted by molar-refractivity contribution is 0.192. The van der Waals surface area contributed by atoms with E-state index in [1.807, 2.05) is 0 Å². The molecule has 0 aliphatic carbocycles. The van der Waals surface area contributed by atoms with Gasteiger partial charge in [0.2, 0.25) is 0 Å². The number of hydrogen-bond donors (Lipinski definition) is 0. The summed E-state index contributed by atoms with van der Waals surface area (Å²) in [5.74, 6) is 2.42. The molecule has 1 fully saturated rings. The first kappa shape index (κ1) is 17.0. The van der Waals surface area contributed by atoms with Gasteiger partial charge >= 0.3 is 0 Å². The molecule has 0 bridgehead atoms. The van der Waals surface area contributed by atoms with Crippen LogP contribution < -0.4 is 0 Å². The lowest BCUT2D eigenvalue weighted by Crippen LogP contribution is -2.35. The molecule has 25 heavy (non-hydrogen) atoms. The van der Waals surface area contributed by atoms with Crippen LogP contribution in [0.25, 0.3) is 0 Å². The molecular weight excluding hydrogens is 339 g/mol. The van der Waals surface area contributed by atoms with Crippen LogP contribution in [0.5, 0.6) is 0 Å². The molecule has 1 saturated heterocycles. The smallest absolute Gasteiger partial charge is 0.137 e. The van der Waals surface area contributed by atoms with Gasteiger partial charge < -0.3 is 4.57 Å². The van der Waals surface area contributed by atoms with Crippen molar-refractivity contribution in [3.8, 4) is 0 Å². The van der Waals surface area contributed by atoms with E-state index < -0.39 is 0 Å². The molecule has 2 aliphatic rings. The molecule has 4 nitrogen and oxygen atoms in total. The van der Waals surface area contributed by atoms with Crippen molar-refractivity contribution in [1.82, 2.24) is 19.7 Å². The second-order valence-electron chi connectivity index (χ2n) is 7.21. The fraction of sp³-hybridized carbons (Fsp3) is 0.579. The Balaban J connectivity index is 1.51. The molecule has 0 saturated carbocycles. The highest BCUT2D eigenvalue weighted by Crippen LogP contribution is 2.30. The van der Waals surface area contributed by atoms with E-state index in [-0.39, 0.29) is 5.82 Å². The second kappa shape index (κ2) is 7.42. The minimum Gasteiger partial charge on any atom is -0.315 e. The number of nitrogens with zero attached hydrogens (tertiary/aromatic N) is 4. The van der Waals surface area contributed by atoms with Gasteiger partial charge in [0.15, 0.2) is 0 Å². The zero-order chi connectivity index (χ0) is 17.2. The Labute approximate surface area is 153 Å². The van der Waals surface area contributed by atoms with Crippen LogP contribution >= 0.6 is 11.6 Å². The largest absolute Gasteiger partial charge is 0.315 e. The Morgan fingerprint density at radius 3 is 2.92 bits per heavy atom. The molecule has 1 unspecified atom stereocenters. The summed E-state index contributed by atoms with van der Waals surface area (Å²) in [5, 5.41) is 9.48. The Morgan fingerprint density at radius 1 is 1.12 bits per heavy atom. The quantitative estimate of drug-likeness (QED) is 0.821. The van der Waals surface area contributed by atoms with Gasteiger partial charge in [0, 0.05) is 42.6 Å². The average Bonchev–Trinajstić information content (AvgIpc) is 2.87. The maximum absolute atomic E-state index is 14.1. The standard InChI is InChI=1S/C19H24ClFN4/c20-16-7-4-8-17(21)15(16)13-24-10-5-6-14(12-24)19-23-22-18-9-2-1-3-11-25(18)19/h4,7-8,14H,1-3,5-6,9-13H2. The van der Waals surface area contributed by atoms with Crippen molar-refractivity contribution in [2.45, 2.75) is 57.5 Å². The Morgan fingerprint density at radius 2 is 2.04 bits per heavy atom. The maximum atomic E-state index is 14.1. The molecule has 2 aliphatic heterocycles. The molecule has 1 aromatic carbocycles. The van der Waals surface area contributed by atoms with Crippen LogP contribution in [0.3, 0.4) is 0 Å². The zero-order valence-corrected chi connectivity index (χ0v) is 15.2. The number of fused-ring (bicyclic) bond motifs is 1. The number of likely N-dealkylation sites (tertiary alicyclic amines) is 1. The Hall–Kier alpha value is -1.46. The normalized spacial score (nSPS) is 21.8. The summed E-state index contributed by atoms with van der Waals surface area (Å²) in [5.41, 5.74) is 0.602. The molecule has 4 rings (SSSR count). The van der Waals surface area contributed by atoms with Crippen LogP contribution in [0.1, 0.15) is 55.2 Å². The van der Waals surface area contributed by atoms with Gasteiger partial charge in [0.1, 0.15) is 17.5 Å². The maximum Gasteiger partial charge on any atom is 0.137 e. The molecule has 0 spiro atoms. The number of aromatic nitrogens is 3. The van der Waals surface area contributed by atoms with E-state index in [4.69, 9.17) is 11.6 Å². The molecule has 3 heterocycles. The van der Waals surface area contributed by atoms with Gasteiger partial charge in [-0.05, 0) is 44.4 Å². The van der Waals surface area contributed by atoms with E-state index in [9.17, 15) is 4.39 Å². The van der Waals surface area contributed by atoms with Crippen LogP contribution in [-0.4, -0.2) is 32.8 Å². The SMILES string of the molecule is Fc1cccc(Cl)c1CN1CCCC(c2nnc3n2CCCCC3)C1. The first-order valence-electron chi connectivity index (χ1n) is 9.29. The van der Waals surface area contributed by atoms with Crippen molar-refractivity contribution in [2.75, 3.05) is 13.1 Å². The third kappa shape index (κ3) is 3.58. The van der Waals surface area contributed by atoms with Gasteiger partial charge in [-0.25, -0.2) is 4.39 Å². The van der Waals surface area contributed by atoms with Gasteiger partial charge in [0.25, 0.3) is 0 Å². The van der Waals surface area contributed by atoms with Gasteiger partial charge in [-0.15, -0.1) is 10.2 Å². The molecule has 0 amide bonds. The molecule has 1 aromatic heterocycles. The topological polar surface area (TPSA) is 34.0 Å². The highest BCUT2D eigenvalue weighted by Gasteiger charge is 2.28. The predicted octanol–water partition coefficient (Wildman–Crippen LogP) is 4.18. The monoisotopic (exact) mass is 362 g/mol. The van der Waals surface area contributed by atoms with Crippen molar-refractivity contribution >= 4 is 11.6 Å². The van der Waals surface area contributed by atoms with E-state index in [2.05, 4.69) is 19.7 Å². The summed E-state index contributed by atoms with van der Waals surface area (Å²) in [4.78, 5) is 2.30. The van der Waals surface area contributed by atoms with Gasteiger partial charge in [-0.3, -0.25) is 4.90 Å². The van der Waals surface area contributed by atoms with E-state index in [1.165, 1.54) is 25.3 Å². The molecule has 6 heteroatoms. The first-order valence-corrected chi connectivity index (χ1v) is 9.67. The van der Waals surface area contributed by atoms with Crippen LogP contribution in [-0.2, 0) is 19.5 Å². The summed E-state index contributed by atoms with van der Waals surface area (Å²) >= 11 is 6.20. The van der Waals surface area contributed by atoms with Crippen molar-refractivity contribution in [1.29, 1.82) is 0 Å². The summed E-state index contributed by atoms with van der Waals surface area (Å²) in [6.07, 6.45) is 6.94. The number of benzene rings is 1. The number of rotatable bonds is 3. The second-order valence-corrected chi connectivity index (χ2v) is 7.62. The minimum atomic E-state index is -0.217. The summed E-state index contributed by atoms with van der Waals surface area (Å²) in [7, 11) is 0. The third-order valence-corrected chi connectivity index (χ3v) is 5.81. The number of hydrogen-bond acceptors (Lipinski definition) is 3. The van der Waals surface area contributed by atoms with Crippen LogP contribution in [0.2, 0.25) is 5.02 Å². The van der Waals surface area contributed by atoms with Crippen LogP contribution in [0.15, 0.2) is 18.2 Å². The van der Waals surface area contributed by atoms with E-state index in [0.29, 0.717) is 23.0 Å². The zero-order valence-electron chi connectivity index (χ0n) is 14.4. The van der Waals surface area contributed by atoms with Crippen molar-refractivity contribution in [3.63, 3.8) is 0 Å². The lowest BCUT2D eigenvalue weighted by atomic mass is 9.96. The van der Waals surface area contributed by atoms with Crippen molar-refractivity contribution < 1.29 is 4.39 Å². The fourth-order valence-electron chi connectivity index (χ4n) is 4.13. The summed E-state index contributed by atoms with van der Waals surface area (Å²) < 4.78 is 16.5. The number of piperidine rings is 1. The predicted molar refractivity (Wildman–Crippen MR) is 96.2 cm³/mol. The number of aryl methyl sites for hydroxylation is 1. The highest BCUT2D eigenvalue weighted by molar-refractivity contribution is 6.31. The van der Waals surface area contributed by atoms with Crippen molar-refractivity contribution in [3.05, 3.63) is 46.3 Å². The highest BCUT2D eigenvalue weighted by atomic mass is 35.5. The number of halogens is 2. The summed E-state index contributed by atoms with van der Waals surface area (Å²) in [6.45, 7) is 3.46. The van der Waals surface area contributed by atoms with Gasteiger partial charge in [0.05, 0.1) is 0 Å². The minimum absolute atomic E-state index is 0.217. The summed E-state index contributed by atoms with van der Waals surface area (Å²) in [6, 6.07) is 4.91. The average molecular weight is 363 g/mol.